The Labute approximate surface area is 185 Å². The molecule has 0 saturated heterocycles. The van der Waals surface area contributed by atoms with Crippen LogP contribution in [0.3, 0.4) is 0 Å². The average molecular weight is 432 g/mol. The van der Waals surface area contributed by atoms with Gasteiger partial charge < -0.3 is 19.5 Å². The van der Waals surface area contributed by atoms with Crippen LogP contribution in [0.4, 0.5) is 5.95 Å². The van der Waals surface area contributed by atoms with Gasteiger partial charge in [0.15, 0.2) is 23.1 Å². The molecule has 2 aliphatic rings. The number of fused-ring (bicyclic) bond motifs is 1. The zero-order valence-corrected chi connectivity index (χ0v) is 18.2. The van der Waals surface area contributed by atoms with E-state index < -0.39 is 6.04 Å². The predicted molar refractivity (Wildman–Crippen MR) is 119 cm³/mol. The normalized spacial score (nSPS) is 17.3. The van der Waals surface area contributed by atoms with Crippen molar-refractivity contribution in [3.05, 3.63) is 59.3 Å². The lowest BCUT2D eigenvalue weighted by Crippen LogP contribution is -2.31. The van der Waals surface area contributed by atoms with E-state index in [4.69, 9.17) is 24.3 Å². The third-order valence-electron chi connectivity index (χ3n) is 5.92. The second kappa shape index (κ2) is 8.03. The average Bonchev–Trinajstić information content (AvgIpc) is 3.26. The van der Waals surface area contributed by atoms with Crippen LogP contribution in [0.2, 0.25) is 0 Å². The number of nitrogens with one attached hydrogen (secondary N) is 1. The molecule has 2 aromatic carbocycles. The van der Waals surface area contributed by atoms with E-state index >= 15 is 0 Å². The maximum absolute atomic E-state index is 13.0. The van der Waals surface area contributed by atoms with Crippen LogP contribution in [0.5, 0.6) is 17.2 Å². The minimum Gasteiger partial charge on any atom is -0.497 e. The molecular formula is C24H24N4O4. The van der Waals surface area contributed by atoms with E-state index in [-0.39, 0.29) is 5.78 Å². The summed E-state index contributed by atoms with van der Waals surface area (Å²) < 4.78 is 18.1. The number of benzene rings is 2. The summed E-state index contributed by atoms with van der Waals surface area (Å²) in [5, 5.41) is 8.17. The number of methoxy groups -OCH3 is 3. The molecule has 0 bridgehead atoms. The number of anilines is 1. The second-order valence-electron chi connectivity index (χ2n) is 7.75. The Bertz CT molecular complexity index is 1230. The molecule has 0 radical (unpaired) electrons. The lowest BCUT2D eigenvalue weighted by Gasteiger charge is -2.32. The van der Waals surface area contributed by atoms with Gasteiger partial charge in [0.25, 0.3) is 0 Å². The van der Waals surface area contributed by atoms with Crippen molar-refractivity contribution in [2.45, 2.75) is 25.3 Å². The van der Waals surface area contributed by atoms with Gasteiger partial charge in [0.05, 0.1) is 21.3 Å². The van der Waals surface area contributed by atoms with Crippen LogP contribution in [-0.2, 0) is 4.79 Å². The van der Waals surface area contributed by atoms with E-state index in [9.17, 15) is 4.79 Å². The van der Waals surface area contributed by atoms with Crippen molar-refractivity contribution in [2.24, 2.45) is 0 Å². The summed E-state index contributed by atoms with van der Waals surface area (Å²) in [6.07, 6.45) is 2.14. The third kappa shape index (κ3) is 3.28. The maximum atomic E-state index is 13.0. The number of ketones is 1. The maximum Gasteiger partial charge on any atom is 0.226 e. The first-order chi connectivity index (χ1) is 15.6. The molecule has 2 heterocycles. The van der Waals surface area contributed by atoms with Crippen LogP contribution in [-0.4, -0.2) is 41.9 Å². The zero-order valence-electron chi connectivity index (χ0n) is 18.2. The number of hydrogen-bond acceptors (Lipinski definition) is 7. The summed E-state index contributed by atoms with van der Waals surface area (Å²) in [6, 6.07) is 12.9. The van der Waals surface area contributed by atoms with Gasteiger partial charge in [0, 0.05) is 23.3 Å². The van der Waals surface area contributed by atoms with Crippen LogP contribution in [0.15, 0.2) is 53.7 Å². The number of aromatic nitrogens is 3. The van der Waals surface area contributed by atoms with E-state index in [1.165, 1.54) is 0 Å². The van der Waals surface area contributed by atoms with E-state index in [0.29, 0.717) is 29.7 Å². The van der Waals surface area contributed by atoms with E-state index in [1.54, 1.807) is 26.0 Å². The molecule has 3 aromatic rings. The first-order valence-corrected chi connectivity index (χ1v) is 10.5. The highest BCUT2D eigenvalue weighted by molar-refractivity contribution is 5.99. The molecule has 32 heavy (non-hydrogen) atoms. The van der Waals surface area contributed by atoms with Crippen LogP contribution in [0, 0.1) is 0 Å². The Morgan fingerprint density at radius 3 is 2.62 bits per heavy atom. The van der Waals surface area contributed by atoms with Crippen LogP contribution < -0.4 is 19.5 Å². The van der Waals surface area contributed by atoms with Gasteiger partial charge in [0.1, 0.15) is 11.8 Å². The number of carbonyl (C=O) groups is 1. The van der Waals surface area contributed by atoms with Crippen molar-refractivity contribution < 1.29 is 19.0 Å². The fourth-order valence-electron chi connectivity index (χ4n) is 4.37. The van der Waals surface area contributed by atoms with Crippen molar-refractivity contribution in [3.8, 4) is 28.6 Å². The summed E-state index contributed by atoms with van der Waals surface area (Å²) in [7, 11) is 4.83. The number of rotatable bonds is 5. The lowest BCUT2D eigenvalue weighted by atomic mass is 9.85. The van der Waals surface area contributed by atoms with Crippen molar-refractivity contribution in [2.75, 3.05) is 26.6 Å². The SMILES string of the molecule is COc1cccc(-c2nc3n(n2)C(c2ccc(OC)c(OC)c2)C2=C(CCCC2=O)N3)c1. The molecule has 8 heteroatoms. The predicted octanol–water partition coefficient (Wildman–Crippen LogP) is 3.99. The van der Waals surface area contributed by atoms with E-state index in [0.717, 1.165) is 41.0 Å². The first kappa shape index (κ1) is 20.1. The van der Waals surface area contributed by atoms with Gasteiger partial charge in [-0.25, -0.2) is 4.68 Å². The monoisotopic (exact) mass is 432 g/mol. The molecule has 0 fully saturated rings. The Morgan fingerprint density at radius 2 is 1.84 bits per heavy atom. The Hall–Kier alpha value is -3.81. The third-order valence-corrected chi connectivity index (χ3v) is 5.92. The van der Waals surface area contributed by atoms with Crippen molar-refractivity contribution >= 4 is 11.7 Å². The molecule has 0 amide bonds. The molecule has 0 spiro atoms. The molecule has 164 valence electrons. The first-order valence-electron chi connectivity index (χ1n) is 10.5. The summed E-state index contributed by atoms with van der Waals surface area (Å²) in [4.78, 5) is 17.8. The molecule has 8 nitrogen and oxygen atoms in total. The minimum absolute atomic E-state index is 0.127. The highest BCUT2D eigenvalue weighted by Crippen LogP contribution is 2.42. The standard InChI is InChI=1S/C24H24N4O4/c1-30-16-7-4-6-15(12-16)23-26-24-25-17-8-5-9-18(29)21(17)22(28(24)27-23)14-10-11-19(31-2)20(13-14)32-3/h4,6-7,10-13,22H,5,8-9H2,1-3H3,(H,25,26,27). The second-order valence-corrected chi connectivity index (χ2v) is 7.75. The van der Waals surface area contributed by atoms with E-state index in [2.05, 4.69) is 5.32 Å². The number of allylic oxidation sites excluding steroid dienone is 2. The van der Waals surface area contributed by atoms with Crippen molar-refractivity contribution in [1.82, 2.24) is 14.8 Å². The highest BCUT2D eigenvalue weighted by atomic mass is 16.5. The van der Waals surface area contributed by atoms with Crippen molar-refractivity contribution in [3.63, 3.8) is 0 Å². The van der Waals surface area contributed by atoms with Gasteiger partial charge >= 0.3 is 0 Å². The quantitative estimate of drug-likeness (QED) is 0.652. The molecule has 1 atom stereocenters. The molecule has 1 aliphatic carbocycles. The number of hydrogen-bond donors (Lipinski definition) is 1. The number of Topliss-reactive ketones (excluding diaryl/α,β-unsaturated/α-hetero) is 1. The molecule has 0 saturated carbocycles. The summed E-state index contributed by atoms with van der Waals surface area (Å²) in [5.41, 5.74) is 3.37. The van der Waals surface area contributed by atoms with Gasteiger partial charge in [-0.05, 0) is 42.7 Å². The molecular weight excluding hydrogens is 408 g/mol. The Balaban J connectivity index is 1.67. The largest absolute Gasteiger partial charge is 0.497 e. The number of carbonyl (C=O) groups excluding carboxylic acids is 1. The Morgan fingerprint density at radius 1 is 1.00 bits per heavy atom. The molecule has 1 N–H and O–H groups in total. The van der Waals surface area contributed by atoms with Gasteiger partial charge in [0.2, 0.25) is 5.95 Å². The highest BCUT2D eigenvalue weighted by Gasteiger charge is 2.37. The lowest BCUT2D eigenvalue weighted by molar-refractivity contribution is -0.116. The Kier molecular flexibility index (Phi) is 5.05. The van der Waals surface area contributed by atoms with Gasteiger partial charge in [-0.1, -0.05) is 18.2 Å². The summed E-state index contributed by atoms with van der Waals surface area (Å²) in [6.45, 7) is 0. The van der Waals surface area contributed by atoms with E-state index in [1.807, 2.05) is 42.5 Å². The topological polar surface area (TPSA) is 87.5 Å². The molecule has 1 aromatic heterocycles. The minimum atomic E-state index is -0.402. The number of nitrogens with zero attached hydrogens (tertiary/aromatic N) is 3. The van der Waals surface area contributed by atoms with Gasteiger partial charge in [-0.15, -0.1) is 5.10 Å². The smallest absolute Gasteiger partial charge is 0.226 e. The van der Waals surface area contributed by atoms with Gasteiger partial charge in [-0.3, -0.25) is 4.79 Å². The fraction of sp³-hybridized carbons (Fsp3) is 0.292. The molecule has 1 unspecified atom stereocenters. The van der Waals surface area contributed by atoms with Crippen LogP contribution in [0.25, 0.3) is 11.4 Å². The number of ether oxygens (including phenoxy) is 3. The molecule has 5 rings (SSSR count). The summed E-state index contributed by atoms with van der Waals surface area (Å²) >= 11 is 0. The zero-order chi connectivity index (χ0) is 22.2. The van der Waals surface area contributed by atoms with Crippen molar-refractivity contribution in [1.29, 1.82) is 0 Å². The van der Waals surface area contributed by atoms with Crippen LogP contribution >= 0.6 is 0 Å². The van der Waals surface area contributed by atoms with Gasteiger partial charge in [-0.2, -0.15) is 4.98 Å². The fourth-order valence-corrected chi connectivity index (χ4v) is 4.37. The summed E-state index contributed by atoms with van der Waals surface area (Å²) in [5.74, 6) is 3.25. The van der Waals surface area contributed by atoms with Crippen LogP contribution in [0.1, 0.15) is 30.9 Å². The molecule has 1 aliphatic heterocycles.